The molecule has 5 heteroatoms. The zero-order chi connectivity index (χ0) is 15.1. The first-order chi connectivity index (χ1) is 10.3. The molecule has 1 fully saturated rings. The summed E-state index contributed by atoms with van der Waals surface area (Å²) in [7, 11) is 1.72. The van der Waals surface area contributed by atoms with E-state index in [0.29, 0.717) is 6.10 Å². The average molecular weight is 295 g/mol. The van der Waals surface area contributed by atoms with Crippen LogP contribution in [0, 0.1) is 0 Å². The number of ether oxygens (including phenoxy) is 2. The smallest absolute Gasteiger partial charge is 0.161 e. The number of hydrogen-bond donors (Lipinski definition) is 1. The minimum absolute atomic E-state index is 0.241. The standard InChI is InChI=1S/C16H29N3O2/c1-4-9-17-14(11-13-8-6-7-10-21-13)16-15(20-3)12-18-19(16)5-2/h12-14,17H,4-11H2,1-3H3. The van der Waals surface area contributed by atoms with Gasteiger partial charge in [0.1, 0.15) is 0 Å². The van der Waals surface area contributed by atoms with E-state index in [1.807, 2.05) is 10.9 Å². The molecule has 0 bridgehead atoms. The largest absolute Gasteiger partial charge is 0.493 e. The number of nitrogens with zero attached hydrogens (tertiary/aromatic N) is 2. The van der Waals surface area contributed by atoms with E-state index >= 15 is 0 Å². The fourth-order valence-electron chi connectivity index (χ4n) is 3.00. The Hall–Kier alpha value is -1.07. The molecule has 2 atom stereocenters. The van der Waals surface area contributed by atoms with Crippen LogP contribution in [0.2, 0.25) is 0 Å². The average Bonchev–Trinajstić information content (AvgIpc) is 2.95. The molecule has 1 aliphatic heterocycles. The molecule has 1 saturated heterocycles. The second kappa shape index (κ2) is 8.39. The Morgan fingerprint density at radius 1 is 1.48 bits per heavy atom. The second-order valence-corrected chi connectivity index (χ2v) is 5.64. The molecule has 0 spiro atoms. The summed E-state index contributed by atoms with van der Waals surface area (Å²) in [5, 5.41) is 8.09. The highest BCUT2D eigenvalue weighted by Crippen LogP contribution is 2.30. The number of methoxy groups -OCH3 is 1. The molecule has 0 saturated carbocycles. The fraction of sp³-hybridized carbons (Fsp3) is 0.812. The molecule has 2 heterocycles. The van der Waals surface area contributed by atoms with E-state index in [0.717, 1.165) is 50.4 Å². The molecule has 120 valence electrons. The minimum atomic E-state index is 0.241. The number of aromatic nitrogens is 2. The van der Waals surface area contributed by atoms with E-state index in [9.17, 15) is 0 Å². The van der Waals surface area contributed by atoms with Gasteiger partial charge in [0.25, 0.3) is 0 Å². The first kappa shape index (κ1) is 16.3. The maximum Gasteiger partial charge on any atom is 0.161 e. The molecule has 0 aliphatic carbocycles. The van der Waals surface area contributed by atoms with Crippen molar-refractivity contribution in [3.63, 3.8) is 0 Å². The number of rotatable bonds is 8. The van der Waals surface area contributed by atoms with Crippen LogP contribution in [0.4, 0.5) is 0 Å². The highest BCUT2D eigenvalue weighted by atomic mass is 16.5. The third-order valence-electron chi connectivity index (χ3n) is 4.11. The Kier molecular flexibility index (Phi) is 6.51. The Morgan fingerprint density at radius 2 is 2.33 bits per heavy atom. The Bertz CT molecular complexity index is 392. The molecule has 0 radical (unpaired) electrons. The van der Waals surface area contributed by atoms with Crippen LogP contribution in [0.15, 0.2) is 6.20 Å². The fourth-order valence-corrected chi connectivity index (χ4v) is 3.00. The van der Waals surface area contributed by atoms with Crippen LogP contribution in [0.25, 0.3) is 0 Å². The Morgan fingerprint density at radius 3 is 2.95 bits per heavy atom. The number of hydrogen-bond acceptors (Lipinski definition) is 4. The highest BCUT2D eigenvalue weighted by Gasteiger charge is 2.26. The molecule has 0 amide bonds. The van der Waals surface area contributed by atoms with Gasteiger partial charge in [0.15, 0.2) is 5.75 Å². The lowest BCUT2D eigenvalue weighted by Gasteiger charge is -2.28. The molecule has 21 heavy (non-hydrogen) atoms. The summed E-state index contributed by atoms with van der Waals surface area (Å²) >= 11 is 0. The van der Waals surface area contributed by atoms with Gasteiger partial charge in [-0.3, -0.25) is 4.68 Å². The molecule has 2 rings (SSSR count). The molecule has 1 aliphatic rings. The number of aryl methyl sites for hydroxylation is 1. The van der Waals surface area contributed by atoms with Gasteiger partial charge in [0.05, 0.1) is 31.1 Å². The van der Waals surface area contributed by atoms with Crippen molar-refractivity contribution in [3.8, 4) is 5.75 Å². The van der Waals surface area contributed by atoms with E-state index in [-0.39, 0.29) is 6.04 Å². The monoisotopic (exact) mass is 295 g/mol. The van der Waals surface area contributed by atoms with Gasteiger partial charge in [-0.15, -0.1) is 0 Å². The summed E-state index contributed by atoms with van der Waals surface area (Å²) in [4.78, 5) is 0. The molecular formula is C16H29N3O2. The van der Waals surface area contributed by atoms with E-state index in [2.05, 4.69) is 24.3 Å². The lowest BCUT2D eigenvalue weighted by molar-refractivity contribution is 0.00440. The molecule has 1 aromatic rings. The van der Waals surface area contributed by atoms with E-state index in [1.54, 1.807) is 7.11 Å². The van der Waals surface area contributed by atoms with E-state index in [4.69, 9.17) is 9.47 Å². The van der Waals surface area contributed by atoms with E-state index in [1.165, 1.54) is 12.8 Å². The van der Waals surface area contributed by atoms with E-state index < -0.39 is 0 Å². The van der Waals surface area contributed by atoms with Crippen LogP contribution in [0.1, 0.15) is 57.7 Å². The third-order valence-corrected chi connectivity index (χ3v) is 4.11. The predicted octanol–water partition coefficient (Wildman–Crippen LogP) is 2.91. The SMILES string of the molecule is CCCNC(CC1CCCCO1)c1c(OC)cnn1CC. The van der Waals surface area contributed by atoms with Gasteiger partial charge in [0, 0.05) is 13.2 Å². The van der Waals surface area contributed by atoms with Gasteiger partial charge in [-0.25, -0.2) is 0 Å². The Labute approximate surface area is 128 Å². The summed E-state index contributed by atoms with van der Waals surface area (Å²) in [5.74, 6) is 0.876. The van der Waals surface area contributed by atoms with Crippen LogP contribution >= 0.6 is 0 Å². The van der Waals surface area contributed by atoms with Crippen molar-refractivity contribution < 1.29 is 9.47 Å². The first-order valence-electron chi connectivity index (χ1n) is 8.24. The maximum absolute atomic E-state index is 5.92. The van der Waals surface area contributed by atoms with Crippen molar-refractivity contribution in [2.24, 2.45) is 0 Å². The topological polar surface area (TPSA) is 48.3 Å². The molecule has 0 aromatic carbocycles. The zero-order valence-electron chi connectivity index (χ0n) is 13.6. The molecule has 2 unspecified atom stereocenters. The highest BCUT2D eigenvalue weighted by molar-refractivity contribution is 5.28. The van der Waals surface area contributed by atoms with Gasteiger partial charge < -0.3 is 14.8 Å². The zero-order valence-corrected chi connectivity index (χ0v) is 13.6. The van der Waals surface area contributed by atoms with Crippen molar-refractivity contribution in [1.82, 2.24) is 15.1 Å². The van der Waals surface area contributed by atoms with Gasteiger partial charge >= 0.3 is 0 Å². The van der Waals surface area contributed by atoms with Crippen molar-refractivity contribution >= 4 is 0 Å². The van der Waals surface area contributed by atoms with Crippen molar-refractivity contribution in [2.75, 3.05) is 20.3 Å². The van der Waals surface area contributed by atoms with Crippen LogP contribution < -0.4 is 10.1 Å². The van der Waals surface area contributed by atoms with Crippen LogP contribution in [-0.2, 0) is 11.3 Å². The minimum Gasteiger partial charge on any atom is -0.493 e. The van der Waals surface area contributed by atoms with Crippen molar-refractivity contribution in [3.05, 3.63) is 11.9 Å². The van der Waals surface area contributed by atoms with Crippen molar-refractivity contribution in [1.29, 1.82) is 0 Å². The van der Waals surface area contributed by atoms with Crippen molar-refractivity contribution in [2.45, 2.75) is 64.6 Å². The third kappa shape index (κ3) is 4.20. The maximum atomic E-state index is 5.92. The molecule has 1 N–H and O–H groups in total. The number of nitrogens with one attached hydrogen (secondary N) is 1. The molecule has 1 aromatic heterocycles. The summed E-state index contributed by atoms with van der Waals surface area (Å²) in [6.07, 6.45) is 7.90. The normalized spacial score (nSPS) is 20.4. The predicted molar refractivity (Wildman–Crippen MR) is 83.7 cm³/mol. The van der Waals surface area contributed by atoms with Gasteiger partial charge in [-0.05, 0) is 45.6 Å². The lowest BCUT2D eigenvalue weighted by Crippen LogP contribution is -2.31. The van der Waals surface area contributed by atoms with Gasteiger partial charge in [-0.2, -0.15) is 5.10 Å². The summed E-state index contributed by atoms with van der Waals surface area (Å²) in [6, 6.07) is 0.241. The molecule has 5 nitrogen and oxygen atoms in total. The summed E-state index contributed by atoms with van der Waals surface area (Å²) in [5.41, 5.74) is 1.16. The van der Waals surface area contributed by atoms with Crippen LogP contribution in [0.5, 0.6) is 5.75 Å². The van der Waals surface area contributed by atoms with Gasteiger partial charge in [-0.1, -0.05) is 6.92 Å². The van der Waals surface area contributed by atoms with Gasteiger partial charge in [0.2, 0.25) is 0 Å². The van der Waals surface area contributed by atoms with Crippen LogP contribution in [0.3, 0.4) is 0 Å². The first-order valence-corrected chi connectivity index (χ1v) is 8.24. The summed E-state index contributed by atoms with van der Waals surface area (Å²) in [6.45, 7) is 7.05. The molecular weight excluding hydrogens is 266 g/mol. The lowest BCUT2D eigenvalue weighted by atomic mass is 9.99. The second-order valence-electron chi connectivity index (χ2n) is 5.64. The Balaban J connectivity index is 2.15. The van der Waals surface area contributed by atoms with Crippen LogP contribution in [-0.4, -0.2) is 36.1 Å². The summed E-state index contributed by atoms with van der Waals surface area (Å²) < 4.78 is 13.5. The quantitative estimate of drug-likeness (QED) is 0.801.